The monoisotopic (exact) mass is 504 g/mol. The zero-order valence-corrected chi connectivity index (χ0v) is 21.2. The van der Waals surface area contributed by atoms with Crippen molar-refractivity contribution in [3.05, 3.63) is 81.8 Å². The number of nitrogens with zero attached hydrogens (tertiary/aromatic N) is 2. The van der Waals surface area contributed by atoms with Gasteiger partial charge in [-0.15, -0.1) is 0 Å². The second-order valence-corrected chi connectivity index (χ2v) is 8.35. The van der Waals surface area contributed by atoms with Gasteiger partial charge < -0.3 is 15.5 Å². The molecule has 0 fully saturated rings. The molecule has 0 aliphatic carbocycles. The number of hydrogen-bond acceptors (Lipinski definition) is 3. The summed E-state index contributed by atoms with van der Waals surface area (Å²) in [6.45, 7) is 8.52. The molecule has 1 aliphatic heterocycles. The minimum atomic E-state index is -0.882. The number of hydrogen-bond donors (Lipinski definition) is 2. The largest absolute Gasteiger partial charge is 0.332 e. The number of benzene rings is 1. The maximum atomic E-state index is 13.6. The van der Waals surface area contributed by atoms with Crippen LogP contribution in [-0.4, -0.2) is 28.4 Å². The van der Waals surface area contributed by atoms with E-state index in [1.165, 1.54) is 11.6 Å². The van der Waals surface area contributed by atoms with Gasteiger partial charge in [-0.25, -0.2) is 18.6 Å². The van der Waals surface area contributed by atoms with E-state index in [9.17, 15) is 18.4 Å². The Bertz CT molecular complexity index is 1090. The van der Waals surface area contributed by atoms with E-state index in [1.807, 2.05) is 39.8 Å². The third-order valence-electron chi connectivity index (χ3n) is 5.55. The van der Waals surface area contributed by atoms with E-state index in [2.05, 4.69) is 15.6 Å². The van der Waals surface area contributed by atoms with Crippen molar-refractivity contribution in [2.45, 2.75) is 53.5 Å². The quantitative estimate of drug-likeness (QED) is 0.353. The van der Waals surface area contributed by atoms with Gasteiger partial charge in [0.2, 0.25) is 0 Å². The molecule has 0 unspecified atom stereocenters. The lowest BCUT2D eigenvalue weighted by atomic mass is 10.1. The number of rotatable bonds is 4. The number of para-hydroxylation sites is 1. The normalized spacial score (nSPS) is 13.7. The molecule has 0 atom stereocenters. The van der Waals surface area contributed by atoms with E-state index in [-0.39, 0.29) is 23.2 Å². The molecule has 0 bridgehead atoms. The number of halogens is 3. The van der Waals surface area contributed by atoms with E-state index < -0.39 is 23.4 Å². The van der Waals surface area contributed by atoms with Crippen LogP contribution in [0.2, 0.25) is 5.15 Å². The molecule has 2 heterocycles. The second kappa shape index (κ2) is 13.6. The Hall–Kier alpha value is -3.26. The summed E-state index contributed by atoms with van der Waals surface area (Å²) < 4.78 is 27.3. The lowest BCUT2D eigenvalue weighted by molar-refractivity contribution is 0.0805. The molecule has 1 aromatic heterocycles. The summed E-state index contributed by atoms with van der Waals surface area (Å²) in [4.78, 5) is 30.9. The van der Waals surface area contributed by atoms with Gasteiger partial charge >= 0.3 is 6.03 Å². The van der Waals surface area contributed by atoms with Gasteiger partial charge in [0, 0.05) is 12.2 Å². The molecular formula is C26H31ClF2N4O2. The van der Waals surface area contributed by atoms with E-state index >= 15 is 0 Å². The van der Waals surface area contributed by atoms with Gasteiger partial charge in [0.15, 0.2) is 0 Å². The number of urea groups is 1. The zero-order valence-electron chi connectivity index (χ0n) is 20.4. The van der Waals surface area contributed by atoms with Crippen molar-refractivity contribution in [2.75, 3.05) is 11.9 Å². The van der Waals surface area contributed by atoms with Crippen molar-refractivity contribution in [3.8, 4) is 0 Å². The number of aromatic nitrogens is 1. The number of carbonyl (C=O) groups is 2. The highest BCUT2D eigenvalue weighted by Gasteiger charge is 2.23. The lowest BCUT2D eigenvalue weighted by Crippen LogP contribution is -2.31. The highest BCUT2D eigenvalue weighted by atomic mass is 35.5. The fourth-order valence-electron chi connectivity index (χ4n) is 3.31. The van der Waals surface area contributed by atoms with Crippen LogP contribution in [0.5, 0.6) is 0 Å². The Morgan fingerprint density at radius 2 is 1.74 bits per heavy atom. The first-order valence-corrected chi connectivity index (χ1v) is 11.8. The van der Waals surface area contributed by atoms with Gasteiger partial charge in [0.05, 0.1) is 17.8 Å². The molecule has 1 aromatic carbocycles. The summed E-state index contributed by atoms with van der Waals surface area (Å²) in [5.74, 6) is -1.98. The molecule has 3 amide bonds. The summed E-state index contributed by atoms with van der Waals surface area (Å²) in [6.07, 6.45) is 6.90. The van der Waals surface area contributed by atoms with Crippen LogP contribution in [0.3, 0.4) is 0 Å². The third kappa shape index (κ3) is 7.89. The fourth-order valence-corrected chi connectivity index (χ4v) is 3.57. The lowest BCUT2D eigenvalue weighted by Gasteiger charge is -2.23. The van der Waals surface area contributed by atoms with Crippen molar-refractivity contribution >= 4 is 29.2 Å². The topological polar surface area (TPSA) is 74.3 Å². The van der Waals surface area contributed by atoms with Crippen molar-refractivity contribution in [1.82, 2.24) is 15.2 Å². The van der Waals surface area contributed by atoms with Gasteiger partial charge in [0.25, 0.3) is 5.91 Å². The maximum Gasteiger partial charge on any atom is 0.319 e. The Labute approximate surface area is 210 Å². The van der Waals surface area contributed by atoms with Gasteiger partial charge in [-0.2, -0.15) is 0 Å². The summed E-state index contributed by atoms with van der Waals surface area (Å²) in [6, 6.07) is 5.62. The van der Waals surface area contributed by atoms with E-state index in [0.717, 1.165) is 37.1 Å². The van der Waals surface area contributed by atoms with Crippen LogP contribution in [0.25, 0.3) is 0 Å². The first-order chi connectivity index (χ1) is 16.7. The molecule has 1 aliphatic rings. The molecule has 6 nitrogen and oxygen atoms in total. The number of amides is 3. The molecule has 2 N–H and O–H groups in total. The molecule has 9 heteroatoms. The first kappa shape index (κ1) is 28.0. The van der Waals surface area contributed by atoms with Gasteiger partial charge in [-0.3, -0.25) is 4.79 Å². The number of anilines is 1. The molecule has 0 spiro atoms. The Morgan fingerprint density at radius 3 is 2.34 bits per heavy atom. The minimum absolute atomic E-state index is 0.0274. The fraction of sp³-hybridized carbons (Fsp3) is 0.346. The van der Waals surface area contributed by atoms with E-state index in [0.29, 0.717) is 12.2 Å². The smallest absolute Gasteiger partial charge is 0.319 e. The van der Waals surface area contributed by atoms with Crippen LogP contribution < -0.4 is 10.6 Å². The predicted octanol–water partition coefficient (Wildman–Crippen LogP) is 6.84. The third-order valence-corrected chi connectivity index (χ3v) is 5.84. The number of nitrogens with one attached hydrogen (secondary N) is 2. The molecule has 2 aromatic rings. The summed E-state index contributed by atoms with van der Waals surface area (Å²) >= 11 is 6.25. The van der Waals surface area contributed by atoms with Crippen LogP contribution in [0, 0.1) is 11.6 Å². The van der Waals surface area contributed by atoms with Gasteiger partial charge in [0.1, 0.15) is 22.5 Å². The molecule has 0 saturated heterocycles. The molecular weight excluding hydrogens is 474 g/mol. The van der Waals surface area contributed by atoms with Crippen molar-refractivity contribution < 1.29 is 18.4 Å². The molecule has 3 rings (SSSR count). The summed E-state index contributed by atoms with van der Waals surface area (Å²) in [5.41, 5.74) is 2.24. The van der Waals surface area contributed by atoms with Crippen LogP contribution >= 0.6 is 11.6 Å². The van der Waals surface area contributed by atoms with Crippen LogP contribution in [0.15, 0.2) is 53.8 Å². The summed E-state index contributed by atoms with van der Waals surface area (Å²) in [7, 11) is 0. The van der Waals surface area contributed by atoms with Crippen molar-refractivity contribution in [2.24, 2.45) is 0 Å². The SMILES string of the molecule is C/C=C\C.CC1=C(C)N(C(=O)c2ccc(CNC(=O)Nc3c(F)cccc3F)nc2Cl)CCCC1. The van der Waals surface area contributed by atoms with Crippen LogP contribution in [-0.2, 0) is 6.54 Å². The Kier molecular flexibility index (Phi) is 10.9. The van der Waals surface area contributed by atoms with Gasteiger partial charge in [-0.05, 0) is 71.2 Å². The molecule has 0 saturated carbocycles. The summed E-state index contributed by atoms with van der Waals surface area (Å²) in [5, 5.41) is 4.61. The first-order valence-electron chi connectivity index (χ1n) is 11.4. The Balaban J connectivity index is 0.00000100. The highest BCUT2D eigenvalue weighted by Crippen LogP contribution is 2.25. The molecule has 0 radical (unpaired) electrons. The molecule has 35 heavy (non-hydrogen) atoms. The van der Waals surface area contributed by atoms with Crippen LogP contribution in [0.4, 0.5) is 19.3 Å². The van der Waals surface area contributed by atoms with Crippen molar-refractivity contribution in [1.29, 1.82) is 0 Å². The van der Waals surface area contributed by atoms with E-state index in [4.69, 9.17) is 11.6 Å². The maximum absolute atomic E-state index is 13.6. The minimum Gasteiger partial charge on any atom is -0.332 e. The zero-order chi connectivity index (χ0) is 26.0. The second-order valence-electron chi connectivity index (χ2n) is 7.99. The number of allylic oxidation sites excluding steroid dienone is 4. The van der Waals surface area contributed by atoms with Gasteiger partial charge in [-0.1, -0.05) is 35.4 Å². The molecule has 188 valence electrons. The van der Waals surface area contributed by atoms with E-state index in [1.54, 1.807) is 17.0 Å². The van der Waals surface area contributed by atoms with Crippen molar-refractivity contribution in [3.63, 3.8) is 0 Å². The Morgan fingerprint density at radius 1 is 1.09 bits per heavy atom. The van der Waals surface area contributed by atoms with Crippen LogP contribution in [0.1, 0.15) is 63.0 Å². The average molecular weight is 505 g/mol. The standard InChI is InChI=1S/C22H23ClF2N4O2.C4H8/c1-13-6-3-4-11-29(14(13)2)21(30)16-10-9-15(27-20(16)23)12-26-22(31)28-19-17(24)7-5-8-18(19)25;1-3-4-2/h5,7-10H,3-4,6,11-12H2,1-2H3,(H2,26,28,31);3-4H,1-2H3/b;4-3-. The predicted molar refractivity (Wildman–Crippen MR) is 135 cm³/mol. The highest BCUT2D eigenvalue weighted by molar-refractivity contribution is 6.32. The number of pyridine rings is 1. The average Bonchev–Trinajstić information content (AvgIpc) is 3.00. The number of carbonyl (C=O) groups excluding carboxylic acids is 2.